The van der Waals surface area contributed by atoms with Gasteiger partial charge in [0.25, 0.3) is 0 Å². The van der Waals surface area contributed by atoms with Crippen LogP contribution in [0.3, 0.4) is 0 Å². The first-order valence-electron chi connectivity index (χ1n) is 14.6. The normalized spacial score (nSPS) is 17.2. The highest BCUT2D eigenvalue weighted by Gasteiger charge is 2.26. The maximum Gasteiger partial charge on any atom is 0.342 e. The largest absolute Gasteiger partial charge is 0.488 e. The van der Waals surface area contributed by atoms with E-state index in [-0.39, 0.29) is 17.5 Å². The Labute approximate surface area is 245 Å². The maximum absolute atomic E-state index is 11.8. The van der Waals surface area contributed by atoms with Crippen molar-refractivity contribution in [1.29, 1.82) is 0 Å². The van der Waals surface area contributed by atoms with Gasteiger partial charge in [0, 0.05) is 31.3 Å². The minimum absolute atomic E-state index is 0.0135. The molecule has 2 aliphatic rings. The number of hydrogen-bond acceptors (Lipinski definition) is 7. The SMILES string of the molecule is CC(C)Oc1c(C(=O)O)cnn1-c1cccc(-c2ccccc2OCc2ccc3c(c2)CCN(C2CCCOC2)C3)n1. The molecule has 0 bridgehead atoms. The van der Waals surface area contributed by atoms with Crippen molar-refractivity contribution in [2.24, 2.45) is 0 Å². The van der Waals surface area contributed by atoms with Crippen molar-refractivity contribution in [2.75, 3.05) is 19.8 Å². The van der Waals surface area contributed by atoms with E-state index in [1.807, 2.05) is 50.2 Å². The van der Waals surface area contributed by atoms with Crippen molar-refractivity contribution in [2.45, 2.75) is 58.4 Å². The second-order valence-corrected chi connectivity index (χ2v) is 11.1. The fraction of sp³-hybridized carbons (Fsp3) is 0.364. The van der Waals surface area contributed by atoms with E-state index in [1.54, 1.807) is 6.07 Å². The van der Waals surface area contributed by atoms with E-state index in [9.17, 15) is 9.90 Å². The first kappa shape index (κ1) is 27.9. The molecule has 0 saturated carbocycles. The Morgan fingerprint density at radius 1 is 1.12 bits per heavy atom. The molecule has 0 spiro atoms. The Morgan fingerprint density at radius 2 is 2.00 bits per heavy atom. The molecule has 4 aromatic rings. The standard InChI is InChI=1S/C33H36N4O5/c1-22(2)42-32-28(33(38)39)18-34-37(32)31-11-5-9-29(35-31)27-8-3-4-10-30(27)41-20-23-12-13-25-19-36(15-14-24(25)17-23)26-7-6-16-40-21-26/h3-5,8-13,17-18,22,26H,6-7,14-16,19-21H2,1-2H3,(H,38,39). The van der Waals surface area contributed by atoms with Gasteiger partial charge in [0.2, 0.25) is 5.88 Å². The number of para-hydroxylation sites is 1. The monoisotopic (exact) mass is 568 g/mol. The van der Waals surface area contributed by atoms with E-state index in [0.29, 0.717) is 29.9 Å². The lowest BCUT2D eigenvalue weighted by molar-refractivity contribution is 0.0125. The van der Waals surface area contributed by atoms with Crippen molar-refractivity contribution in [3.05, 3.63) is 89.1 Å². The Hall–Kier alpha value is -4.21. The molecule has 2 aromatic carbocycles. The van der Waals surface area contributed by atoms with Crippen LogP contribution >= 0.6 is 0 Å². The summed E-state index contributed by atoms with van der Waals surface area (Å²) in [7, 11) is 0. The molecule has 0 amide bonds. The van der Waals surface area contributed by atoms with Crippen molar-refractivity contribution in [3.8, 4) is 28.7 Å². The third-order valence-electron chi connectivity index (χ3n) is 7.78. The molecule has 1 atom stereocenters. The Bertz CT molecular complexity index is 1560. The smallest absolute Gasteiger partial charge is 0.342 e. The molecule has 1 N–H and O–H groups in total. The van der Waals surface area contributed by atoms with Gasteiger partial charge in [-0.3, -0.25) is 4.90 Å². The lowest BCUT2D eigenvalue weighted by atomic mass is 9.95. The van der Waals surface area contributed by atoms with Crippen LogP contribution in [0, 0.1) is 0 Å². The highest BCUT2D eigenvalue weighted by atomic mass is 16.5. The lowest BCUT2D eigenvalue weighted by Gasteiger charge is -2.37. The van der Waals surface area contributed by atoms with Gasteiger partial charge in [-0.05, 0) is 74.1 Å². The number of fused-ring (bicyclic) bond motifs is 1. The Balaban J connectivity index is 1.19. The summed E-state index contributed by atoms with van der Waals surface area (Å²) < 4.78 is 19.3. The predicted molar refractivity (Wildman–Crippen MR) is 158 cm³/mol. The van der Waals surface area contributed by atoms with E-state index in [4.69, 9.17) is 19.2 Å². The summed E-state index contributed by atoms with van der Waals surface area (Å²) >= 11 is 0. The molecular formula is C33H36N4O5. The summed E-state index contributed by atoms with van der Waals surface area (Å²) in [5, 5.41) is 13.9. The van der Waals surface area contributed by atoms with Gasteiger partial charge in [-0.15, -0.1) is 0 Å². The highest BCUT2D eigenvalue weighted by molar-refractivity contribution is 5.90. The second kappa shape index (κ2) is 12.3. The van der Waals surface area contributed by atoms with Gasteiger partial charge in [0.05, 0.1) is 24.6 Å². The van der Waals surface area contributed by atoms with Crippen LogP contribution in [0.5, 0.6) is 11.6 Å². The van der Waals surface area contributed by atoms with Crippen molar-refractivity contribution >= 4 is 5.97 Å². The molecule has 1 saturated heterocycles. The molecule has 9 heteroatoms. The van der Waals surface area contributed by atoms with Crippen LogP contribution in [0.25, 0.3) is 17.1 Å². The zero-order valence-corrected chi connectivity index (χ0v) is 24.0. The number of benzene rings is 2. The van der Waals surface area contributed by atoms with Crippen LogP contribution in [0.1, 0.15) is 53.7 Å². The average molecular weight is 569 g/mol. The van der Waals surface area contributed by atoms with Gasteiger partial charge >= 0.3 is 5.97 Å². The lowest BCUT2D eigenvalue weighted by Crippen LogP contribution is -2.43. The van der Waals surface area contributed by atoms with Crippen LogP contribution in [0.2, 0.25) is 0 Å². The molecule has 2 aliphatic heterocycles. The number of aromatic nitrogens is 3. The highest BCUT2D eigenvalue weighted by Crippen LogP contribution is 2.32. The number of nitrogens with zero attached hydrogens (tertiary/aromatic N) is 4. The summed E-state index contributed by atoms with van der Waals surface area (Å²) in [6, 6.07) is 20.5. The van der Waals surface area contributed by atoms with Gasteiger partial charge in [-0.25, -0.2) is 9.78 Å². The summed E-state index contributed by atoms with van der Waals surface area (Å²) in [4.78, 5) is 19.1. The van der Waals surface area contributed by atoms with E-state index < -0.39 is 5.97 Å². The molecule has 2 aromatic heterocycles. The second-order valence-electron chi connectivity index (χ2n) is 11.1. The maximum atomic E-state index is 11.8. The molecule has 218 valence electrons. The number of pyridine rings is 1. The first-order chi connectivity index (χ1) is 20.5. The van der Waals surface area contributed by atoms with E-state index in [2.05, 4.69) is 28.2 Å². The molecule has 1 unspecified atom stereocenters. The van der Waals surface area contributed by atoms with Crippen LogP contribution in [-0.4, -0.2) is 62.6 Å². The molecule has 0 aliphatic carbocycles. The van der Waals surface area contributed by atoms with Gasteiger partial charge < -0.3 is 19.3 Å². The first-order valence-corrected chi connectivity index (χ1v) is 14.6. The average Bonchev–Trinajstić information content (AvgIpc) is 3.43. The fourth-order valence-electron chi connectivity index (χ4n) is 5.68. The zero-order valence-electron chi connectivity index (χ0n) is 24.0. The number of carboxylic acid groups (broad SMARTS) is 1. The van der Waals surface area contributed by atoms with E-state index >= 15 is 0 Å². The van der Waals surface area contributed by atoms with Crippen LogP contribution in [-0.2, 0) is 24.3 Å². The molecule has 4 heterocycles. The number of aromatic carboxylic acids is 1. The summed E-state index contributed by atoms with van der Waals surface area (Å²) in [5.41, 5.74) is 5.42. The van der Waals surface area contributed by atoms with Crippen molar-refractivity contribution < 1.29 is 24.1 Å². The van der Waals surface area contributed by atoms with Gasteiger partial charge in [0.1, 0.15) is 17.9 Å². The van der Waals surface area contributed by atoms with Crippen molar-refractivity contribution in [3.63, 3.8) is 0 Å². The molecule has 9 nitrogen and oxygen atoms in total. The topological polar surface area (TPSA) is 98.9 Å². The summed E-state index contributed by atoms with van der Waals surface area (Å²) in [6.45, 7) is 7.89. The van der Waals surface area contributed by atoms with Crippen LogP contribution in [0.15, 0.2) is 66.9 Å². The van der Waals surface area contributed by atoms with Crippen molar-refractivity contribution in [1.82, 2.24) is 19.7 Å². The Kier molecular flexibility index (Phi) is 8.21. The molecule has 0 radical (unpaired) electrons. The number of carboxylic acids is 1. The number of rotatable bonds is 9. The molecular weight excluding hydrogens is 532 g/mol. The number of carbonyl (C=O) groups is 1. The summed E-state index contributed by atoms with van der Waals surface area (Å²) in [5.74, 6) is 0.210. The molecule has 42 heavy (non-hydrogen) atoms. The van der Waals surface area contributed by atoms with Crippen LogP contribution < -0.4 is 9.47 Å². The number of ether oxygens (including phenoxy) is 3. The fourth-order valence-corrected chi connectivity index (χ4v) is 5.68. The zero-order chi connectivity index (χ0) is 29.1. The summed E-state index contributed by atoms with van der Waals surface area (Å²) in [6.07, 6.45) is 4.45. The van der Waals surface area contributed by atoms with Crippen LogP contribution in [0.4, 0.5) is 0 Å². The van der Waals surface area contributed by atoms with Gasteiger partial charge in [0.15, 0.2) is 5.82 Å². The van der Waals surface area contributed by atoms with E-state index in [0.717, 1.165) is 50.3 Å². The van der Waals surface area contributed by atoms with Gasteiger partial charge in [-0.2, -0.15) is 9.78 Å². The minimum Gasteiger partial charge on any atom is -0.488 e. The van der Waals surface area contributed by atoms with Gasteiger partial charge in [-0.1, -0.05) is 36.4 Å². The van der Waals surface area contributed by atoms with E-state index in [1.165, 1.54) is 28.4 Å². The quantitative estimate of drug-likeness (QED) is 0.281. The molecule has 6 rings (SSSR count). The Morgan fingerprint density at radius 3 is 2.81 bits per heavy atom. The predicted octanol–water partition coefficient (Wildman–Crippen LogP) is 5.54. The minimum atomic E-state index is -1.11. The molecule has 1 fully saturated rings. The third kappa shape index (κ3) is 6.03. The number of hydrogen-bond donors (Lipinski definition) is 1. The third-order valence-corrected chi connectivity index (χ3v) is 7.78.